The molecule has 0 spiro atoms. The summed E-state index contributed by atoms with van der Waals surface area (Å²) >= 11 is 4.00. The number of hydrogen-bond donors (Lipinski definition) is 1. The minimum atomic E-state index is -0.126. The second-order valence-electron chi connectivity index (χ2n) is 5.55. The summed E-state index contributed by atoms with van der Waals surface area (Å²) in [5.41, 5.74) is 0. The number of hydrogen-bond acceptors (Lipinski definition) is 4. The molecule has 0 aliphatic carbocycles. The van der Waals surface area contributed by atoms with Gasteiger partial charge in [-0.05, 0) is 32.1 Å². The molecule has 2 nitrogen and oxygen atoms in total. The average molecular weight is 290 g/mol. The van der Waals surface area contributed by atoms with Gasteiger partial charge in [0.05, 0.1) is 12.2 Å². The van der Waals surface area contributed by atoms with E-state index in [2.05, 4.69) is 13.8 Å². The van der Waals surface area contributed by atoms with Gasteiger partial charge in [-0.15, -0.1) is 0 Å². The van der Waals surface area contributed by atoms with Crippen LogP contribution in [0.4, 0.5) is 0 Å². The fourth-order valence-corrected chi connectivity index (χ4v) is 5.68. The second-order valence-corrected chi connectivity index (χ2v) is 8.58. The van der Waals surface area contributed by atoms with E-state index in [1.807, 2.05) is 23.5 Å². The van der Waals surface area contributed by atoms with Gasteiger partial charge < -0.3 is 9.84 Å². The molecule has 0 bridgehead atoms. The lowest BCUT2D eigenvalue weighted by Gasteiger charge is -2.33. The van der Waals surface area contributed by atoms with Gasteiger partial charge in [0, 0.05) is 28.1 Å². The zero-order valence-electron chi connectivity index (χ0n) is 11.5. The van der Waals surface area contributed by atoms with Crippen molar-refractivity contribution in [2.75, 3.05) is 12.4 Å². The first-order chi connectivity index (χ1) is 8.66. The monoisotopic (exact) mass is 290 g/mol. The number of rotatable bonds is 5. The minimum Gasteiger partial charge on any atom is -0.392 e. The molecule has 0 saturated carbocycles. The zero-order chi connectivity index (χ0) is 13.0. The summed E-state index contributed by atoms with van der Waals surface area (Å²) in [6, 6.07) is 0. The van der Waals surface area contributed by atoms with Crippen molar-refractivity contribution in [3.63, 3.8) is 0 Å². The second kappa shape index (κ2) is 7.41. The van der Waals surface area contributed by atoms with Crippen molar-refractivity contribution in [2.45, 2.75) is 73.9 Å². The van der Waals surface area contributed by atoms with Crippen LogP contribution < -0.4 is 0 Å². The lowest BCUT2D eigenvalue weighted by atomic mass is 10.1. The molecule has 4 heteroatoms. The molecule has 2 saturated heterocycles. The summed E-state index contributed by atoms with van der Waals surface area (Å²) in [5, 5.41) is 12.1. The van der Waals surface area contributed by atoms with Crippen molar-refractivity contribution >= 4 is 23.5 Å². The first-order valence-electron chi connectivity index (χ1n) is 7.23. The first kappa shape index (κ1) is 15.0. The predicted octanol–water partition coefficient (Wildman–Crippen LogP) is 3.32. The Morgan fingerprint density at radius 3 is 2.83 bits per heavy atom. The van der Waals surface area contributed by atoms with Crippen molar-refractivity contribution in [1.82, 2.24) is 0 Å². The Morgan fingerprint density at radius 2 is 2.17 bits per heavy atom. The third-order valence-corrected chi connectivity index (χ3v) is 7.59. The summed E-state index contributed by atoms with van der Waals surface area (Å²) in [4.78, 5) is 0. The van der Waals surface area contributed by atoms with Crippen molar-refractivity contribution in [1.29, 1.82) is 0 Å². The molecule has 106 valence electrons. The van der Waals surface area contributed by atoms with Crippen LogP contribution in [0.1, 0.15) is 46.0 Å². The van der Waals surface area contributed by atoms with Gasteiger partial charge in [-0.3, -0.25) is 0 Å². The molecular formula is C14H26O2S2. The summed E-state index contributed by atoms with van der Waals surface area (Å²) in [5.74, 6) is 1.11. The molecule has 2 aliphatic heterocycles. The molecule has 2 fully saturated rings. The van der Waals surface area contributed by atoms with Crippen molar-refractivity contribution < 1.29 is 9.84 Å². The molecule has 5 unspecified atom stereocenters. The highest BCUT2D eigenvalue weighted by atomic mass is 32.2. The molecule has 0 aromatic carbocycles. The number of ether oxygens (including phenoxy) is 1. The fraction of sp³-hybridized carbons (Fsp3) is 1.00. The molecule has 18 heavy (non-hydrogen) atoms. The normalized spacial score (nSPS) is 38.8. The summed E-state index contributed by atoms with van der Waals surface area (Å²) < 4.78 is 5.62. The van der Waals surface area contributed by atoms with E-state index in [9.17, 15) is 5.11 Å². The van der Waals surface area contributed by atoms with Crippen LogP contribution in [0, 0.1) is 0 Å². The van der Waals surface area contributed by atoms with E-state index >= 15 is 0 Å². The van der Waals surface area contributed by atoms with Crippen LogP contribution in [0.3, 0.4) is 0 Å². The van der Waals surface area contributed by atoms with Gasteiger partial charge in [-0.2, -0.15) is 23.5 Å². The number of aliphatic hydroxyl groups excluding tert-OH is 1. The lowest BCUT2D eigenvalue weighted by molar-refractivity contribution is 0.0947. The van der Waals surface area contributed by atoms with E-state index in [1.165, 1.54) is 12.8 Å². The van der Waals surface area contributed by atoms with Gasteiger partial charge in [0.15, 0.2) is 0 Å². The molecule has 5 atom stereocenters. The van der Waals surface area contributed by atoms with Gasteiger partial charge >= 0.3 is 0 Å². The molecule has 2 aliphatic rings. The smallest absolute Gasteiger partial charge is 0.0666 e. The fourth-order valence-electron chi connectivity index (χ4n) is 2.62. The molecule has 2 rings (SSSR count). The summed E-state index contributed by atoms with van der Waals surface area (Å²) in [7, 11) is 0. The zero-order valence-corrected chi connectivity index (χ0v) is 13.1. The number of aliphatic hydroxyl groups is 1. The highest BCUT2D eigenvalue weighted by molar-refractivity contribution is 8.07. The molecular weight excluding hydrogens is 264 g/mol. The molecule has 1 N–H and O–H groups in total. The highest BCUT2D eigenvalue weighted by Crippen LogP contribution is 2.37. The molecule has 0 amide bonds. The van der Waals surface area contributed by atoms with Crippen LogP contribution in [0.2, 0.25) is 0 Å². The molecule has 2 heterocycles. The van der Waals surface area contributed by atoms with Gasteiger partial charge in [0.25, 0.3) is 0 Å². The predicted molar refractivity (Wildman–Crippen MR) is 81.6 cm³/mol. The van der Waals surface area contributed by atoms with Gasteiger partial charge in [0.1, 0.15) is 0 Å². The van der Waals surface area contributed by atoms with Crippen molar-refractivity contribution in [3.8, 4) is 0 Å². The summed E-state index contributed by atoms with van der Waals surface area (Å²) in [6.07, 6.45) is 5.98. The Labute approximate surface area is 120 Å². The van der Waals surface area contributed by atoms with E-state index in [0.29, 0.717) is 16.6 Å². The average Bonchev–Trinajstić information content (AvgIpc) is 2.85. The van der Waals surface area contributed by atoms with Crippen molar-refractivity contribution in [2.24, 2.45) is 0 Å². The Morgan fingerprint density at radius 1 is 1.33 bits per heavy atom. The first-order valence-corrected chi connectivity index (χ1v) is 9.22. The Hall–Kier alpha value is 0.620. The van der Waals surface area contributed by atoms with Crippen LogP contribution in [0.5, 0.6) is 0 Å². The standard InChI is InChI=1S/C14H26O2S2/c1-10-11(2)18-14(9-17-10)13(15)7-3-5-12-6-4-8-16-12/h10-15H,3-9H2,1-2H3. The van der Waals surface area contributed by atoms with Gasteiger partial charge in [-0.25, -0.2) is 0 Å². The van der Waals surface area contributed by atoms with Gasteiger partial charge in [0.2, 0.25) is 0 Å². The van der Waals surface area contributed by atoms with Crippen LogP contribution in [-0.2, 0) is 4.74 Å². The van der Waals surface area contributed by atoms with E-state index in [1.54, 1.807) is 0 Å². The Balaban J connectivity index is 1.63. The SMILES string of the molecule is CC1SCC(C(O)CCCC2CCCO2)SC1C. The molecule has 0 aromatic rings. The van der Waals surface area contributed by atoms with E-state index < -0.39 is 0 Å². The minimum absolute atomic E-state index is 0.126. The topological polar surface area (TPSA) is 29.5 Å². The lowest BCUT2D eigenvalue weighted by Crippen LogP contribution is -2.34. The van der Waals surface area contributed by atoms with Crippen LogP contribution in [-0.4, -0.2) is 45.4 Å². The largest absolute Gasteiger partial charge is 0.392 e. The van der Waals surface area contributed by atoms with Crippen molar-refractivity contribution in [3.05, 3.63) is 0 Å². The maximum atomic E-state index is 10.3. The van der Waals surface area contributed by atoms with Crippen LogP contribution in [0.15, 0.2) is 0 Å². The van der Waals surface area contributed by atoms with E-state index in [4.69, 9.17) is 4.74 Å². The third kappa shape index (κ3) is 4.32. The summed E-state index contributed by atoms with van der Waals surface area (Å²) in [6.45, 7) is 5.52. The maximum Gasteiger partial charge on any atom is 0.0666 e. The quantitative estimate of drug-likeness (QED) is 0.841. The highest BCUT2D eigenvalue weighted by Gasteiger charge is 2.30. The van der Waals surface area contributed by atoms with Crippen LogP contribution in [0.25, 0.3) is 0 Å². The Kier molecular flexibility index (Phi) is 6.19. The van der Waals surface area contributed by atoms with E-state index in [0.717, 1.165) is 36.9 Å². The van der Waals surface area contributed by atoms with E-state index in [-0.39, 0.29) is 6.10 Å². The van der Waals surface area contributed by atoms with Crippen LogP contribution >= 0.6 is 23.5 Å². The molecule has 0 radical (unpaired) electrons. The number of thioether (sulfide) groups is 2. The molecule has 0 aromatic heterocycles. The Bertz CT molecular complexity index is 244. The maximum absolute atomic E-state index is 10.3. The van der Waals surface area contributed by atoms with Gasteiger partial charge in [-0.1, -0.05) is 13.8 Å². The third-order valence-electron chi connectivity index (χ3n) is 4.05.